The molecule has 0 aliphatic carbocycles. The summed E-state index contributed by atoms with van der Waals surface area (Å²) in [5, 5.41) is 3.18. The van der Waals surface area contributed by atoms with Gasteiger partial charge in [-0.15, -0.1) is 0 Å². The van der Waals surface area contributed by atoms with Crippen LogP contribution in [0.25, 0.3) is 89.2 Å². The van der Waals surface area contributed by atoms with Gasteiger partial charge in [-0.3, -0.25) is 0 Å². The molecule has 0 atom stereocenters. The van der Waals surface area contributed by atoms with Gasteiger partial charge in [0.25, 0.3) is 0 Å². The van der Waals surface area contributed by atoms with Gasteiger partial charge < -0.3 is 13.7 Å². The van der Waals surface area contributed by atoms with Crippen molar-refractivity contribution >= 4 is 60.9 Å². The van der Waals surface area contributed by atoms with Crippen LogP contribution in [0.15, 0.2) is 203 Å². The molecular weight excluding hydrogens is 701 g/mol. The smallest absolute Gasteiger partial charge is 0.164 e. The first-order valence-electron chi connectivity index (χ1n) is 23.1. The fourth-order valence-corrected chi connectivity index (χ4v) is 7.32. The number of para-hydroxylation sites is 1. The molecule has 8 aromatic carbocycles. The van der Waals surface area contributed by atoms with Gasteiger partial charge in [0.05, 0.1) is 13.7 Å². The minimum absolute atomic E-state index is 0.0585. The lowest BCUT2D eigenvalue weighted by molar-refractivity contribution is 0.668. The Bertz CT molecular complexity index is 3690. The average molecular weight is 743 g/mol. The van der Waals surface area contributed by atoms with E-state index in [-0.39, 0.29) is 28.6 Å². The lowest BCUT2D eigenvalue weighted by Gasteiger charge is -2.25. The first-order valence-corrected chi connectivity index (χ1v) is 18.1. The third kappa shape index (κ3) is 5.79. The molecule has 268 valence electrons. The number of rotatable bonds is 7. The lowest BCUT2D eigenvalue weighted by Crippen LogP contribution is -2.09. The van der Waals surface area contributed by atoms with Crippen LogP contribution in [0.5, 0.6) is 0 Å². The third-order valence-corrected chi connectivity index (χ3v) is 9.91. The normalized spacial score (nSPS) is 14.0. The number of fused-ring (bicyclic) bond motifs is 6. The Balaban J connectivity index is 1.11. The van der Waals surface area contributed by atoms with E-state index in [1.165, 1.54) is 0 Å². The van der Waals surface area contributed by atoms with E-state index in [0.29, 0.717) is 27.5 Å². The Labute approximate surface area is 342 Å². The minimum Gasteiger partial charge on any atom is -0.456 e. The van der Waals surface area contributed by atoms with E-state index >= 15 is 0 Å². The van der Waals surface area contributed by atoms with Gasteiger partial charge in [-0.05, 0) is 65.7 Å². The van der Waals surface area contributed by atoms with Gasteiger partial charge in [0.2, 0.25) is 0 Å². The molecule has 0 N–H and O–H groups in total. The molecule has 6 heteroatoms. The first-order chi connectivity index (χ1) is 32.4. The second-order valence-corrected chi connectivity index (χ2v) is 13.3. The molecule has 0 aliphatic rings. The molecule has 57 heavy (non-hydrogen) atoms. The van der Waals surface area contributed by atoms with Gasteiger partial charge in [-0.25, -0.2) is 15.0 Å². The zero-order valence-corrected chi connectivity index (χ0v) is 29.8. The van der Waals surface area contributed by atoms with Crippen LogP contribution >= 0.6 is 0 Å². The van der Waals surface area contributed by atoms with Crippen molar-refractivity contribution in [2.24, 2.45) is 0 Å². The predicted molar refractivity (Wildman–Crippen MR) is 231 cm³/mol. The Morgan fingerprint density at radius 2 is 0.965 bits per heavy atom. The number of anilines is 3. The van der Waals surface area contributed by atoms with Crippen LogP contribution in [0.3, 0.4) is 0 Å². The molecule has 0 saturated carbocycles. The van der Waals surface area contributed by atoms with E-state index < -0.39 is 60.4 Å². The van der Waals surface area contributed by atoms with Gasteiger partial charge >= 0.3 is 0 Å². The van der Waals surface area contributed by atoms with Crippen molar-refractivity contribution in [1.29, 1.82) is 0 Å². The molecule has 0 fully saturated rings. The number of hydrogen-bond acceptors (Lipinski definition) is 6. The summed E-state index contributed by atoms with van der Waals surface area (Å²) in [6, 6.07) is 37.4. The van der Waals surface area contributed by atoms with Crippen molar-refractivity contribution in [2.45, 2.75) is 0 Å². The summed E-state index contributed by atoms with van der Waals surface area (Å²) in [5.74, 6) is -0.767. The molecule has 0 spiro atoms. The van der Waals surface area contributed by atoms with Crippen LogP contribution in [0.1, 0.15) is 13.7 Å². The molecular formula is C51H32N4O2. The zero-order valence-electron chi connectivity index (χ0n) is 39.8. The van der Waals surface area contributed by atoms with Crippen molar-refractivity contribution in [2.75, 3.05) is 4.90 Å². The number of aromatic nitrogens is 3. The van der Waals surface area contributed by atoms with Crippen molar-refractivity contribution < 1.29 is 22.5 Å². The van der Waals surface area contributed by atoms with Crippen molar-refractivity contribution in [1.82, 2.24) is 15.0 Å². The molecule has 0 saturated heterocycles. The summed E-state index contributed by atoms with van der Waals surface area (Å²) < 4.78 is 97.7. The van der Waals surface area contributed by atoms with Gasteiger partial charge in [0.15, 0.2) is 17.5 Å². The largest absolute Gasteiger partial charge is 0.456 e. The van der Waals surface area contributed by atoms with Crippen molar-refractivity contribution in [3.63, 3.8) is 0 Å². The van der Waals surface area contributed by atoms with E-state index in [0.717, 1.165) is 50.1 Å². The summed E-state index contributed by atoms with van der Waals surface area (Å²) in [7, 11) is 0. The van der Waals surface area contributed by atoms with E-state index in [1.54, 1.807) is 18.2 Å². The van der Waals surface area contributed by atoms with Gasteiger partial charge in [0.1, 0.15) is 22.3 Å². The zero-order chi connectivity index (χ0) is 46.4. The highest BCUT2D eigenvalue weighted by molar-refractivity contribution is 6.13. The third-order valence-electron chi connectivity index (χ3n) is 9.91. The number of hydrogen-bond donors (Lipinski definition) is 0. The van der Waals surface area contributed by atoms with Gasteiger partial charge in [-0.2, -0.15) is 0 Å². The second kappa shape index (κ2) is 13.5. The Morgan fingerprint density at radius 3 is 1.72 bits per heavy atom. The van der Waals surface area contributed by atoms with Gasteiger partial charge in [0, 0.05) is 61.4 Å². The van der Waals surface area contributed by atoms with E-state index in [9.17, 15) is 0 Å². The molecule has 0 bridgehead atoms. The Hall–Kier alpha value is -7.83. The molecule has 0 radical (unpaired) electrons. The standard InChI is InChI=1S/C51H32N4O2/c1-4-13-33(14-5-1)34-23-25-37(26-24-34)55(38-28-30-45-43(31-38)40-19-10-11-21-44(40)56-45)39-27-29-41-47(32-39)57-46-22-12-20-42(48(41)46)51-53-49(35-15-6-2-7-16-35)52-50(54-51)36-17-8-3-9-18-36/h1-32H/i2D,3D,6D,7D,8D,9D,15D,16D,17D,18D. The van der Waals surface area contributed by atoms with Crippen molar-refractivity contribution in [3.05, 3.63) is 194 Å². The summed E-state index contributed by atoms with van der Waals surface area (Å²) in [6.07, 6.45) is 0. The molecule has 0 unspecified atom stereocenters. The molecule has 11 rings (SSSR count). The van der Waals surface area contributed by atoms with Crippen LogP contribution < -0.4 is 4.90 Å². The van der Waals surface area contributed by atoms with Crippen LogP contribution in [-0.4, -0.2) is 15.0 Å². The number of nitrogens with zero attached hydrogens (tertiary/aromatic N) is 4. The average Bonchev–Trinajstić information content (AvgIpc) is 3.92. The highest BCUT2D eigenvalue weighted by Gasteiger charge is 2.21. The summed E-state index contributed by atoms with van der Waals surface area (Å²) >= 11 is 0. The topological polar surface area (TPSA) is 68.2 Å². The van der Waals surface area contributed by atoms with Gasteiger partial charge in [-0.1, -0.05) is 133 Å². The van der Waals surface area contributed by atoms with E-state index in [2.05, 4.69) is 62.3 Å². The highest BCUT2D eigenvalue weighted by atomic mass is 16.3. The number of benzene rings is 8. The quantitative estimate of drug-likeness (QED) is 0.162. The summed E-state index contributed by atoms with van der Waals surface area (Å²) in [4.78, 5) is 16.0. The van der Waals surface area contributed by atoms with E-state index in [4.69, 9.17) is 22.5 Å². The fourth-order valence-electron chi connectivity index (χ4n) is 7.32. The Morgan fingerprint density at radius 1 is 0.386 bits per heavy atom. The molecule has 11 aromatic rings. The molecule has 3 aromatic heterocycles. The monoisotopic (exact) mass is 742 g/mol. The Kier molecular flexibility index (Phi) is 5.64. The van der Waals surface area contributed by atoms with Crippen LogP contribution in [0.4, 0.5) is 17.1 Å². The maximum atomic E-state index is 8.76. The van der Waals surface area contributed by atoms with E-state index in [1.807, 2.05) is 72.8 Å². The van der Waals surface area contributed by atoms with Crippen LogP contribution in [-0.2, 0) is 0 Å². The maximum absolute atomic E-state index is 8.76. The predicted octanol–water partition coefficient (Wildman–Crippen LogP) is 13.8. The highest BCUT2D eigenvalue weighted by Crippen LogP contribution is 2.43. The van der Waals surface area contributed by atoms with Crippen LogP contribution in [0, 0.1) is 0 Å². The molecule has 0 aliphatic heterocycles. The second-order valence-electron chi connectivity index (χ2n) is 13.3. The minimum atomic E-state index is -0.625. The maximum Gasteiger partial charge on any atom is 0.164 e. The molecule has 0 amide bonds. The number of furan rings is 2. The summed E-state index contributed by atoms with van der Waals surface area (Å²) in [6.45, 7) is 0. The molecule has 6 nitrogen and oxygen atoms in total. The fraction of sp³-hybridized carbons (Fsp3) is 0. The lowest BCUT2D eigenvalue weighted by atomic mass is 10.0. The van der Waals surface area contributed by atoms with Crippen molar-refractivity contribution in [3.8, 4) is 45.3 Å². The van der Waals surface area contributed by atoms with Crippen LogP contribution in [0.2, 0.25) is 0 Å². The molecule has 3 heterocycles. The first kappa shape index (κ1) is 23.8. The summed E-state index contributed by atoms with van der Waals surface area (Å²) in [5.41, 5.74) is 6.86. The SMILES string of the molecule is [2H]c1c([2H])c([2H])c(-c2nc(-c3c([2H])c([2H])c([2H])c([2H])c3[2H])nc(-c3cccc4oc5cc(N(c6ccc(-c7ccccc7)cc6)c6ccc7oc8ccccc8c7c6)ccc5c34)n2)c([2H])c1[2H].